The zero-order valence-corrected chi connectivity index (χ0v) is 9.99. The molecule has 78 valence electrons. The predicted molar refractivity (Wildman–Crippen MR) is 62.9 cm³/mol. The molecule has 0 atom stereocenters. The molecule has 15 heavy (non-hydrogen) atoms. The Kier molecular flexibility index (Phi) is 3.31. The van der Waals surface area contributed by atoms with E-state index in [-0.39, 0.29) is 5.78 Å². The summed E-state index contributed by atoms with van der Waals surface area (Å²) < 4.78 is 0. The standard InChI is InChI=1S/C14H16O/c1-9-8-10(2)13(5)14(12(9)4)7-6-11(3)15/h8H,1-5H3. The van der Waals surface area contributed by atoms with Gasteiger partial charge in [-0.05, 0) is 55.9 Å². The highest BCUT2D eigenvalue weighted by Crippen LogP contribution is 2.20. The van der Waals surface area contributed by atoms with E-state index in [4.69, 9.17) is 0 Å². The smallest absolute Gasteiger partial charge is 0.202 e. The molecule has 0 unspecified atom stereocenters. The summed E-state index contributed by atoms with van der Waals surface area (Å²) >= 11 is 0. The number of Topliss-reactive ketones (excluding diaryl/α,β-unsaturated/α-hetero) is 1. The molecule has 0 bridgehead atoms. The highest BCUT2D eigenvalue weighted by molar-refractivity contribution is 5.94. The maximum atomic E-state index is 10.8. The minimum absolute atomic E-state index is 0.0899. The first-order valence-electron chi connectivity index (χ1n) is 5.03. The van der Waals surface area contributed by atoms with Gasteiger partial charge in [-0.25, -0.2) is 0 Å². The summed E-state index contributed by atoms with van der Waals surface area (Å²) in [7, 11) is 0. The zero-order valence-electron chi connectivity index (χ0n) is 9.99. The van der Waals surface area contributed by atoms with Gasteiger partial charge in [-0.1, -0.05) is 12.0 Å². The predicted octanol–water partition coefficient (Wildman–Crippen LogP) is 2.86. The van der Waals surface area contributed by atoms with Gasteiger partial charge < -0.3 is 0 Å². The summed E-state index contributed by atoms with van der Waals surface area (Å²) in [5, 5.41) is 0. The van der Waals surface area contributed by atoms with Crippen LogP contribution in [0.15, 0.2) is 6.07 Å². The largest absolute Gasteiger partial charge is 0.285 e. The van der Waals surface area contributed by atoms with E-state index in [1.54, 1.807) is 0 Å². The van der Waals surface area contributed by atoms with E-state index >= 15 is 0 Å². The van der Waals surface area contributed by atoms with E-state index in [1.165, 1.54) is 29.2 Å². The topological polar surface area (TPSA) is 17.1 Å². The Bertz CT molecular complexity index is 444. The molecule has 0 spiro atoms. The van der Waals surface area contributed by atoms with Gasteiger partial charge in [-0.3, -0.25) is 4.79 Å². The molecule has 1 aromatic rings. The zero-order chi connectivity index (χ0) is 11.6. The van der Waals surface area contributed by atoms with Crippen molar-refractivity contribution in [3.8, 4) is 11.8 Å². The molecule has 0 aromatic heterocycles. The summed E-state index contributed by atoms with van der Waals surface area (Å²) in [5.41, 5.74) is 5.80. The van der Waals surface area contributed by atoms with Gasteiger partial charge in [0.1, 0.15) is 0 Å². The third kappa shape index (κ3) is 2.47. The molecule has 0 aliphatic heterocycles. The normalized spacial score (nSPS) is 9.40. The maximum Gasteiger partial charge on any atom is 0.202 e. The van der Waals surface area contributed by atoms with Crippen LogP contribution < -0.4 is 0 Å². The molecule has 0 fully saturated rings. The van der Waals surface area contributed by atoms with Crippen molar-refractivity contribution in [2.24, 2.45) is 0 Å². The van der Waals surface area contributed by atoms with Gasteiger partial charge in [0, 0.05) is 12.5 Å². The molecule has 0 amide bonds. The number of ketones is 1. The van der Waals surface area contributed by atoms with Gasteiger partial charge in [0.2, 0.25) is 5.78 Å². The fourth-order valence-corrected chi connectivity index (χ4v) is 1.55. The second kappa shape index (κ2) is 4.31. The van der Waals surface area contributed by atoms with Crippen molar-refractivity contribution in [3.63, 3.8) is 0 Å². The van der Waals surface area contributed by atoms with Crippen molar-refractivity contribution in [1.82, 2.24) is 0 Å². The van der Waals surface area contributed by atoms with Crippen molar-refractivity contribution in [1.29, 1.82) is 0 Å². The van der Waals surface area contributed by atoms with Crippen molar-refractivity contribution < 1.29 is 4.79 Å². The highest BCUT2D eigenvalue weighted by atomic mass is 16.1. The molecular weight excluding hydrogens is 184 g/mol. The van der Waals surface area contributed by atoms with Crippen LogP contribution in [0.1, 0.15) is 34.7 Å². The summed E-state index contributed by atoms with van der Waals surface area (Å²) in [6.45, 7) is 9.72. The highest BCUT2D eigenvalue weighted by Gasteiger charge is 2.05. The molecule has 1 heteroatoms. The monoisotopic (exact) mass is 200 g/mol. The van der Waals surface area contributed by atoms with Crippen LogP contribution in [0.5, 0.6) is 0 Å². The Morgan fingerprint density at radius 1 is 1.07 bits per heavy atom. The first-order chi connectivity index (χ1) is 6.93. The van der Waals surface area contributed by atoms with Crippen LogP contribution in [0, 0.1) is 39.5 Å². The Labute approximate surface area is 91.5 Å². The Morgan fingerprint density at radius 3 is 1.93 bits per heavy atom. The van der Waals surface area contributed by atoms with Gasteiger partial charge in [0.15, 0.2) is 0 Å². The molecule has 0 saturated heterocycles. The van der Waals surface area contributed by atoms with E-state index in [0.717, 1.165) is 5.56 Å². The summed E-state index contributed by atoms with van der Waals surface area (Å²) in [4.78, 5) is 10.8. The van der Waals surface area contributed by atoms with Crippen molar-refractivity contribution in [2.75, 3.05) is 0 Å². The number of hydrogen-bond donors (Lipinski definition) is 0. The quantitative estimate of drug-likeness (QED) is 0.588. The lowest BCUT2D eigenvalue weighted by molar-refractivity contribution is -0.111. The van der Waals surface area contributed by atoms with Crippen LogP contribution in [-0.4, -0.2) is 5.78 Å². The minimum atomic E-state index is -0.0899. The fourth-order valence-electron chi connectivity index (χ4n) is 1.55. The molecule has 0 aliphatic carbocycles. The third-order valence-corrected chi connectivity index (χ3v) is 2.73. The van der Waals surface area contributed by atoms with E-state index in [2.05, 4.69) is 31.8 Å². The molecule has 0 N–H and O–H groups in total. The van der Waals surface area contributed by atoms with Crippen LogP contribution in [0.3, 0.4) is 0 Å². The van der Waals surface area contributed by atoms with Gasteiger partial charge in [0.25, 0.3) is 0 Å². The van der Waals surface area contributed by atoms with Crippen molar-refractivity contribution >= 4 is 5.78 Å². The Hall–Kier alpha value is -1.55. The number of carbonyl (C=O) groups is 1. The lowest BCUT2D eigenvalue weighted by Gasteiger charge is -2.10. The van der Waals surface area contributed by atoms with Crippen LogP contribution in [-0.2, 0) is 4.79 Å². The van der Waals surface area contributed by atoms with E-state index in [9.17, 15) is 4.79 Å². The number of aryl methyl sites for hydroxylation is 2. The molecular formula is C14H16O. The molecule has 0 saturated carbocycles. The van der Waals surface area contributed by atoms with Gasteiger partial charge >= 0.3 is 0 Å². The summed E-state index contributed by atoms with van der Waals surface area (Å²) in [6, 6.07) is 2.16. The number of rotatable bonds is 0. The summed E-state index contributed by atoms with van der Waals surface area (Å²) in [5.74, 6) is 5.48. The lowest BCUT2D eigenvalue weighted by Crippen LogP contribution is -1.95. The second-order valence-corrected chi connectivity index (χ2v) is 3.94. The van der Waals surface area contributed by atoms with Crippen LogP contribution in [0.4, 0.5) is 0 Å². The number of carbonyl (C=O) groups excluding carboxylic acids is 1. The molecule has 0 heterocycles. The Balaban J connectivity index is 3.42. The van der Waals surface area contributed by atoms with Gasteiger partial charge in [0.05, 0.1) is 0 Å². The molecule has 1 aromatic carbocycles. The molecule has 1 rings (SSSR count). The van der Waals surface area contributed by atoms with Gasteiger partial charge in [-0.2, -0.15) is 0 Å². The summed E-state index contributed by atoms with van der Waals surface area (Å²) in [6.07, 6.45) is 0. The lowest BCUT2D eigenvalue weighted by atomic mass is 9.94. The average molecular weight is 200 g/mol. The van der Waals surface area contributed by atoms with Crippen LogP contribution in [0.25, 0.3) is 0 Å². The molecule has 1 nitrogen and oxygen atoms in total. The van der Waals surface area contributed by atoms with Gasteiger partial charge in [-0.15, -0.1) is 0 Å². The first-order valence-corrected chi connectivity index (χ1v) is 5.03. The molecule has 0 radical (unpaired) electrons. The van der Waals surface area contributed by atoms with Crippen molar-refractivity contribution in [2.45, 2.75) is 34.6 Å². The van der Waals surface area contributed by atoms with E-state index in [0.29, 0.717) is 0 Å². The second-order valence-electron chi connectivity index (χ2n) is 3.94. The number of benzene rings is 1. The van der Waals surface area contributed by atoms with Crippen LogP contribution in [0.2, 0.25) is 0 Å². The first kappa shape index (κ1) is 11.5. The fraction of sp³-hybridized carbons (Fsp3) is 0.357. The van der Waals surface area contributed by atoms with Crippen molar-refractivity contribution in [3.05, 3.63) is 33.9 Å². The minimum Gasteiger partial charge on any atom is -0.285 e. The third-order valence-electron chi connectivity index (χ3n) is 2.73. The van der Waals surface area contributed by atoms with E-state index in [1.807, 2.05) is 13.8 Å². The van der Waals surface area contributed by atoms with Crippen LogP contribution >= 0.6 is 0 Å². The number of hydrogen-bond acceptors (Lipinski definition) is 1. The van der Waals surface area contributed by atoms with E-state index < -0.39 is 0 Å². The molecule has 0 aliphatic rings. The average Bonchev–Trinajstić information content (AvgIpc) is 2.14. The maximum absolute atomic E-state index is 10.8. The SMILES string of the molecule is CC(=O)C#Cc1c(C)c(C)cc(C)c1C. The Morgan fingerprint density at radius 2 is 1.53 bits per heavy atom.